The van der Waals surface area contributed by atoms with Gasteiger partial charge < -0.3 is 14.8 Å². The van der Waals surface area contributed by atoms with Crippen molar-refractivity contribution >= 4 is 11.9 Å². The van der Waals surface area contributed by atoms with Crippen LogP contribution in [0.1, 0.15) is 45.9 Å². The summed E-state index contributed by atoms with van der Waals surface area (Å²) in [6.45, 7) is 0. The van der Waals surface area contributed by atoms with Crippen molar-refractivity contribution in [1.82, 2.24) is 5.32 Å². The maximum absolute atomic E-state index is 12.1. The van der Waals surface area contributed by atoms with Gasteiger partial charge >= 0.3 is 5.97 Å². The number of hydrogen-bond acceptors (Lipinski definition) is 3. The molecule has 0 saturated heterocycles. The predicted molar refractivity (Wildman–Crippen MR) is 84.4 cm³/mol. The van der Waals surface area contributed by atoms with Crippen LogP contribution in [0.2, 0.25) is 0 Å². The minimum absolute atomic E-state index is 0.0499. The van der Waals surface area contributed by atoms with E-state index in [2.05, 4.69) is 17.4 Å². The summed E-state index contributed by atoms with van der Waals surface area (Å²) in [6, 6.07) is 13.2. The predicted octanol–water partition coefficient (Wildman–Crippen LogP) is 3.12. The minimum atomic E-state index is -1.17. The van der Waals surface area contributed by atoms with E-state index < -0.39 is 5.97 Å². The van der Waals surface area contributed by atoms with Crippen molar-refractivity contribution in [2.75, 3.05) is 0 Å². The van der Waals surface area contributed by atoms with Crippen LogP contribution in [0.4, 0.5) is 0 Å². The molecule has 5 heteroatoms. The Hall–Kier alpha value is -2.56. The molecule has 1 aromatic heterocycles. The number of furan rings is 1. The van der Waals surface area contributed by atoms with Gasteiger partial charge in [-0.1, -0.05) is 30.3 Å². The number of amides is 1. The van der Waals surface area contributed by atoms with Gasteiger partial charge in [0.25, 0.3) is 5.91 Å². The van der Waals surface area contributed by atoms with Gasteiger partial charge in [0.15, 0.2) is 5.76 Å². The second kappa shape index (κ2) is 6.69. The number of benzene rings is 1. The summed E-state index contributed by atoms with van der Waals surface area (Å²) in [7, 11) is 0. The molecule has 1 aliphatic carbocycles. The third-order valence-electron chi connectivity index (χ3n) is 4.28. The Labute approximate surface area is 134 Å². The van der Waals surface area contributed by atoms with Gasteiger partial charge in [-0.05, 0) is 49.3 Å². The monoisotopic (exact) mass is 313 g/mol. The Kier molecular flexibility index (Phi) is 4.46. The second-order valence-electron chi connectivity index (χ2n) is 6.01. The van der Waals surface area contributed by atoms with E-state index in [0.29, 0.717) is 5.92 Å². The second-order valence-corrected chi connectivity index (χ2v) is 6.01. The third kappa shape index (κ3) is 3.80. The molecule has 2 N–H and O–H groups in total. The van der Waals surface area contributed by atoms with Gasteiger partial charge in [-0.3, -0.25) is 4.79 Å². The summed E-state index contributed by atoms with van der Waals surface area (Å²) < 4.78 is 5.03. The number of hydrogen-bond donors (Lipinski definition) is 2. The van der Waals surface area contributed by atoms with E-state index in [4.69, 9.17) is 9.52 Å². The summed E-state index contributed by atoms with van der Waals surface area (Å²) in [4.78, 5) is 22.9. The lowest BCUT2D eigenvalue weighted by Crippen LogP contribution is -2.32. The SMILES string of the molecule is O=C(O)c1ccc(C(=O)NC2CCC(Cc3ccccc3)C2)o1. The molecule has 0 spiro atoms. The van der Waals surface area contributed by atoms with E-state index >= 15 is 0 Å². The van der Waals surface area contributed by atoms with Gasteiger partial charge in [-0.25, -0.2) is 4.79 Å². The number of carboxylic acids is 1. The molecular weight excluding hydrogens is 294 g/mol. The molecule has 5 nitrogen and oxygen atoms in total. The van der Waals surface area contributed by atoms with Crippen LogP contribution in [0, 0.1) is 5.92 Å². The van der Waals surface area contributed by atoms with Crippen LogP contribution in [0.3, 0.4) is 0 Å². The zero-order valence-corrected chi connectivity index (χ0v) is 12.7. The Balaban J connectivity index is 1.53. The molecule has 1 amide bonds. The molecule has 2 atom stereocenters. The first-order valence-corrected chi connectivity index (χ1v) is 7.79. The molecule has 3 rings (SSSR count). The van der Waals surface area contributed by atoms with Crippen molar-refractivity contribution in [2.45, 2.75) is 31.7 Å². The van der Waals surface area contributed by atoms with Crippen molar-refractivity contribution in [1.29, 1.82) is 0 Å². The van der Waals surface area contributed by atoms with Gasteiger partial charge in [0.2, 0.25) is 5.76 Å². The molecule has 1 aliphatic rings. The lowest BCUT2D eigenvalue weighted by molar-refractivity contribution is 0.0659. The normalized spacial score (nSPS) is 20.3. The van der Waals surface area contributed by atoms with Gasteiger partial charge in [0.1, 0.15) is 0 Å². The summed E-state index contributed by atoms with van der Waals surface area (Å²) in [5.41, 5.74) is 1.32. The van der Waals surface area contributed by atoms with Gasteiger partial charge in [0, 0.05) is 6.04 Å². The maximum atomic E-state index is 12.1. The fourth-order valence-corrected chi connectivity index (χ4v) is 3.17. The summed E-state index contributed by atoms with van der Waals surface area (Å²) in [5.74, 6) is -1.12. The van der Waals surface area contributed by atoms with Crippen LogP contribution in [0.5, 0.6) is 0 Å². The highest BCUT2D eigenvalue weighted by Gasteiger charge is 2.27. The fourth-order valence-electron chi connectivity index (χ4n) is 3.17. The van der Waals surface area contributed by atoms with Crippen LogP contribution in [0.15, 0.2) is 46.9 Å². The zero-order valence-electron chi connectivity index (χ0n) is 12.7. The molecular formula is C18H19NO4. The number of nitrogens with one attached hydrogen (secondary N) is 1. The van der Waals surface area contributed by atoms with Gasteiger partial charge in [-0.2, -0.15) is 0 Å². The van der Waals surface area contributed by atoms with E-state index in [0.717, 1.165) is 25.7 Å². The van der Waals surface area contributed by atoms with Crippen LogP contribution >= 0.6 is 0 Å². The van der Waals surface area contributed by atoms with Crippen LogP contribution in [-0.2, 0) is 6.42 Å². The standard InChI is InChI=1S/C18H19NO4/c20-17(15-8-9-16(23-15)18(21)22)19-14-7-6-13(11-14)10-12-4-2-1-3-5-12/h1-5,8-9,13-14H,6-7,10-11H2,(H,19,20)(H,21,22). The lowest BCUT2D eigenvalue weighted by atomic mass is 9.98. The average molecular weight is 313 g/mol. The van der Waals surface area contributed by atoms with Crippen molar-refractivity contribution < 1.29 is 19.1 Å². The van der Waals surface area contributed by atoms with Crippen molar-refractivity contribution in [3.05, 3.63) is 59.5 Å². The van der Waals surface area contributed by atoms with E-state index in [1.165, 1.54) is 17.7 Å². The largest absolute Gasteiger partial charge is 0.475 e. The fraction of sp³-hybridized carbons (Fsp3) is 0.333. The topological polar surface area (TPSA) is 79.5 Å². The Morgan fingerprint density at radius 3 is 2.52 bits per heavy atom. The minimum Gasteiger partial charge on any atom is -0.475 e. The highest BCUT2D eigenvalue weighted by Crippen LogP contribution is 2.29. The van der Waals surface area contributed by atoms with Gasteiger partial charge in [-0.15, -0.1) is 0 Å². The van der Waals surface area contributed by atoms with Crippen LogP contribution < -0.4 is 5.32 Å². The van der Waals surface area contributed by atoms with Crippen molar-refractivity contribution in [3.8, 4) is 0 Å². The van der Waals surface area contributed by atoms with E-state index in [1.54, 1.807) is 0 Å². The number of carboxylic acid groups (broad SMARTS) is 1. The van der Waals surface area contributed by atoms with Crippen LogP contribution in [0.25, 0.3) is 0 Å². The Morgan fingerprint density at radius 2 is 1.83 bits per heavy atom. The van der Waals surface area contributed by atoms with Crippen molar-refractivity contribution in [2.24, 2.45) is 5.92 Å². The molecule has 1 aromatic carbocycles. The summed E-state index contributed by atoms with van der Waals surface area (Å²) >= 11 is 0. The molecule has 2 aromatic rings. The molecule has 1 heterocycles. The van der Waals surface area contributed by atoms with Crippen molar-refractivity contribution in [3.63, 3.8) is 0 Å². The molecule has 0 bridgehead atoms. The Morgan fingerprint density at radius 1 is 1.09 bits per heavy atom. The molecule has 0 radical (unpaired) electrons. The molecule has 23 heavy (non-hydrogen) atoms. The number of carbonyl (C=O) groups excluding carboxylic acids is 1. The average Bonchev–Trinajstić information content (AvgIpc) is 3.18. The zero-order chi connectivity index (χ0) is 16.2. The summed E-state index contributed by atoms with van der Waals surface area (Å²) in [6.07, 6.45) is 3.98. The molecule has 0 aliphatic heterocycles. The smallest absolute Gasteiger partial charge is 0.371 e. The first kappa shape index (κ1) is 15.3. The van der Waals surface area contributed by atoms with E-state index in [9.17, 15) is 9.59 Å². The van der Waals surface area contributed by atoms with E-state index in [-0.39, 0.29) is 23.5 Å². The lowest BCUT2D eigenvalue weighted by Gasteiger charge is -2.12. The third-order valence-corrected chi connectivity index (χ3v) is 4.28. The first-order chi connectivity index (χ1) is 11.1. The molecule has 2 unspecified atom stereocenters. The first-order valence-electron chi connectivity index (χ1n) is 7.79. The summed E-state index contributed by atoms with van der Waals surface area (Å²) in [5, 5.41) is 11.8. The highest BCUT2D eigenvalue weighted by atomic mass is 16.4. The quantitative estimate of drug-likeness (QED) is 0.889. The number of aromatic carboxylic acids is 1. The number of carbonyl (C=O) groups is 2. The van der Waals surface area contributed by atoms with Gasteiger partial charge in [0.05, 0.1) is 0 Å². The van der Waals surface area contributed by atoms with E-state index in [1.807, 2.05) is 18.2 Å². The molecule has 1 saturated carbocycles. The highest BCUT2D eigenvalue weighted by molar-refractivity contribution is 5.93. The Bertz CT molecular complexity index is 692. The maximum Gasteiger partial charge on any atom is 0.371 e. The molecule has 1 fully saturated rings. The van der Waals surface area contributed by atoms with Crippen LogP contribution in [-0.4, -0.2) is 23.0 Å². The number of rotatable bonds is 5. The molecule has 120 valence electrons.